The smallest absolute Gasteiger partial charge is 0.304 e. The van der Waals surface area contributed by atoms with E-state index in [4.69, 9.17) is 10.2 Å². The summed E-state index contributed by atoms with van der Waals surface area (Å²) in [5.41, 5.74) is 0. The number of rotatable bonds is 12. The fourth-order valence-corrected chi connectivity index (χ4v) is 1.59. The van der Waals surface area contributed by atoms with E-state index >= 15 is 0 Å². The molecule has 18 heavy (non-hydrogen) atoms. The number of aliphatic hydroxyl groups excluding tert-OH is 1. The number of hydrogen-bond donors (Lipinski definition) is 3. The molecule has 0 aliphatic heterocycles. The molecule has 0 saturated heterocycles. The van der Waals surface area contributed by atoms with Gasteiger partial charge >= 0.3 is 5.97 Å². The van der Waals surface area contributed by atoms with E-state index in [0.29, 0.717) is 13.1 Å². The van der Waals surface area contributed by atoms with Crippen LogP contribution < -0.4 is 5.32 Å². The quantitative estimate of drug-likeness (QED) is 0.347. The van der Waals surface area contributed by atoms with E-state index in [2.05, 4.69) is 12.2 Å². The van der Waals surface area contributed by atoms with Crippen molar-refractivity contribution in [2.75, 3.05) is 39.3 Å². The molecule has 0 aliphatic carbocycles. The van der Waals surface area contributed by atoms with Gasteiger partial charge in [-0.2, -0.15) is 0 Å². The molecule has 0 rings (SSSR count). The molecule has 0 atom stereocenters. The van der Waals surface area contributed by atoms with Gasteiger partial charge in [-0.05, 0) is 13.0 Å². The second-order valence-electron chi connectivity index (χ2n) is 4.17. The van der Waals surface area contributed by atoms with Crippen molar-refractivity contribution >= 4 is 35.5 Å². The van der Waals surface area contributed by atoms with Gasteiger partial charge in [-0.3, -0.25) is 9.69 Å². The van der Waals surface area contributed by atoms with Crippen LogP contribution in [0.2, 0.25) is 0 Å². The first kappa shape index (κ1) is 20.7. The van der Waals surface area contributed by atoms with Crippen molar-refractivity contribution in [1.29, 1.82) is 0 Å². The van der Waals surface area contributed by atoms with Crippen LogP contribution in [-0.4, -0.2) is 90.0 Å². The molecule has 0 heterocycles. The first-order valence-electron chi connectivity index (χ1n) is 6.46. The summed E-state index contributed by atoms with van der Waals surface area (Å²) in [6, 6.07) is 0. The zero-order valence-electron chi connectivity index (χ0n) is 11.8. The molecule has 0 fully saturated rings. The molecule has 0 aromatic rings. The number of unbranched alkanes of at least 4 members (excludes halogenated alkanes) is 2. The van der Waals surface area contributed by atoms with Gasteiger partial charge in [-0.1, -0.05) is 19.8 Å². The second kappa shape index (κ2) is 15.4. The summed E-state index contributed by atoms with van der Waals surface area (Å²) in [5.74, 6) is -0.788. The van der Waals surface area contributed by atoms with E-state index in [9.17, 15) is 4.79 Å². The third-order valence-corrected chi connectivity index (χ3v) is 2.62. The third kappa shape index (κ3) is 14.4. The van der Waals surface area contributed by atoms with Crippen molar-refractivity contribution in [1.82, 2.24) is 10.2 Å². The Kier molecular flexibility index (Phi) is 17.7. The number of carboxylic acid groups (broad SMARTS) is 1. The fraction of sp³-hybridized carbons (Fsp3) is 0.917. The van der Waals surface area contributed by atoms with Crippen LogP contribution in [0.4, 0.5) is 0 Å². The molecule has 103 valence electrons. The molecule has 0 aromatic heterocycles. The zero-order chi connectivity index (χ0) is 12.9. The molecule has 0 aromatic carbocycles. The summed E-state index contributed by atoms with van der Waals surface area (Å²) < 4.78 is 0. The molecular weight excluding hydrogens is 243 g/mol. The molecule has 0 aliphatic rings. The van der Waals surface area contributed by atoms with Crippen molar-refractivity contribution in [3.63, 3.8) is 0 Å². The van der Waals surface area contributed by atoms with Gasteiger partial charge in [0.2, 0.25) is 0 Å². The number of carboxylic acids is 1. The molecule has 0 unspecified atom stereocenters. The minimum atomic E-state index is -0.788. The maximum absolute atomic E-state index is 10.5. The number of aliphatic carboxylic acids is 1. The number of carbonyl (C=O) groups is 1. The van der Waals surface area contributed by atoms with E-state index in [0.717, 1.165) is 19.6 Å². The monoisotopic (exact) mass is 269 g/mol. The van der Waals surface area contributed by atoms with Crippen LogP contribution >= 0.6 is 0 Å². The summed E-state index contributed by atoms with van der Waals surface area (Å²) in [7, 11) is 0. The zero-order valence-corrected chi connectivity index (χ0v) is 13.8. The van der Waals surface area contributed by atoms with Crippen molar-refractivity contribution in [3.05, 3.63) is 0 Å². The number of aliphatic hydroxyl groups is 1. The van der Waals surface area contributed by atoms with Gasteiger partial charge in [0.25, 0.3) is 0 Å². The molecule has 3 N–H and O–H groups in total. The Morgan fingerprint density at radius 2 is 1.89 bits per heavy atom. The van der Waals surface area contributed by atoms with E-state index in [-0.39, 0.29) is 42.6 Å². The summed E-state index contributed by atoms with van der Waals surface area (Å²) in [6.45, 7) is 5.96. The predicted molar refractivity (Wildman–Crippen MR) is 73.9 cm³/mol. The van der Waals surface area contributed by atoms with Crippen LogP contribution in [-0.2, 0) is 4.79 Å². The van der Waals surface area contributed by atoms with Crippen LogP contribution in [0.5, 0.6) is 0 Å². The Morgan fingerprint density at radius 1 is 1.17 bits per heavy atom. The van der Waals surface area contributed by atoms with Gasteiger partial charge in [-0.25, -0.2) is 0 Å². The SMILES string of the molecule is CCCCCNCCN(CCO)CCC(=O)O.[Na]. The van der Waals surface area contributed by atoms with Crippen molar-refractivity contribution in [2.45, 2.75) is 32.6 Å². The normalized spacial score (nSPS) is 10.4. The molecule has 1 radical (unpaired) electrons. The molecule has 6 heteroatoms. The summed E-state index contributed by atoms with van der Waals surface area (Å²) in [4.78, 5) is 12.4. The number of nitrogens with zero attached hydrogens (tertiary/aromatic N) is 1. The Bertz CT molecular complexity index is 194. The number of nitrogens with one attached hydrogen (secondary N) is 1. The Morgan fingerprint density at radius 3 is 2.44 bits per heavy atom. The van der Waals surface area contributed by atoms with Crippen molar-refractivity contribution in [2.24, 2.45) is 0 Å². The van der Waals surface area contributed by atoms with E-state index in [1.807, 2.05) is 4.90 Å². The standard InChI is InChI=1S/C12H26N2O3.Na/c1-2-3-4-6-13-7-9-14(10-11-15)8-5-12(16)17;/h13,15H,2-11H2,1H3,(H,16,17);. The van der Waals surface area contributed by atoms with Crippen molar-refractivity contribution < 1.29 is 15.0 Å². The first-order valence-corrected chi connectivity index (χ1v) is 6.46. The Labute approximate surface area is 132 Å². The Hall–Kier alpha value is 0.350. The largest absolute Gasteiger partial charge is 0.481 e. The second-order valence-corrected chi connectivity index (χ2v) is 4.17. The van der Waals surface area contributed by atoms with Gasteiger partial charge < -0.3 is 15.5 Å². The average molecular weight is 269 g/mol. The molecule has 5 nitrogen and oxygen atoms in total. The number of hydrogen-bond acceptors (Lipinski definition) is 4. The molecule has 0 bridgehead atoms. The molecular formula is C12H26N2NaO3. The first-order chi connectivity index (χ1) is 8.20. The van der Waals surface area contributed by atoms with Crippen LogP contribution in [0, 0.1) is 0 Å². The maximum Gasteiger partial charge on any atom is 0.304 e. The molecule has 0 amide bonds. The molecule has 0 saturated carbocycles. The van der Waals surface area contributed by atoms with Crippen LogP contribution in [0.25, 0.3) is 0 Å². The van der Waals surface area contributed by atoms with Gasteiger partial charge in [0, 0.05) is 55.7 Å². The maximum atomic E-state index is 10.5. The average Bonchev–Trinajstić information content (AvgIpc) is 2.30. The third-order valence-electron chi connectivity index (χ3n) is 2.62. The fourth-order valence-electron chi connectivity index (χ4n) is 1.59. The van der Waals surface area contributed by atoms with Gasteiger partial charge in [-0.15, -0.1) is 0 Å². The Balaban J connectivity index is 0. The van der Waals surface area contributed by atoms with Gasteiger partial charge in [0.05, 0.1) is 13.0 Å². The van der Waals surface area contributed by atoms with Crippen LogP contribution in [0.1, 0.15) is 32.6 Å². The van der Waals surface area contributed by atoms with Crippen LogP contribution in [0.3, 0.4) is 0 Å². The summed E-state index contributed by atoms with van der Waals surface area (Å²) >= 11 is 0. The van der Waals surface area contributed by atoms with Crippen LogP contribution in [0.15, 0.2) is 0 Å². The minimum Gasteiger partial charge on any atom is -0.481 e. The topological polar surface area (TPSA) is 72.8 Å². The van der Waals surface area contributed by atoms with E-state index < -0.39 is 5.97 Å². The summed E-state index contributed by atoms with van der Waals surface area (Å²) in [6.07, 6.45) is 3.78. The van der Waals surface area contributed by atoms with E-state index in [1.165, 1.54) is 19.3 Å². The van der Waals surface area contributed by atoms with E-state index in [1.54, 1.807) is 0 Å². The predicted octanol–water partition coefficient (Wildman–Crippen LogP) is 0.154. The molecule has 0 spiro atoms. The van der Waals surface area contributed by atoms with Crippen molar-refractivity contribution in [3.8, 4) is 0 Å². The minimum absolute atomic E-state index is 0. The summed E-state index contributed by atoms with van der Waals surface area (Å²) in [5, 5.41) is 20.8. The van der Waals surface area contributed by atoms with Gasteiger partial charge in [0.15, 0.2) is 0 Å². The van der Waals surface area contributed by atoms with Gasteiger partial charge in [0.1, 0.15) is 0 Å².